The number of piperidine rings is 1. The van der Waals surface area contributed by atoms with Crippen LogP contribution in [-0.2, 0) is 16.1 Å². The molecule has 1 aliphatic rings. The van der Waals surface area contributed by atoms with E-state index in [1.807, 2.05) is 4.90 Å². The van der Waals surface area contributed by atoms with Gasteiger partial charge in [0.25, 0.3) is 0 Å². The Balaban J connectivity index is 2.11. The Morgan fingerprint density at radius 2 is 2.37 bits per heavy atom. The summed E-state index contributed by atoms with van der Waals surface area (Å²) in [7, 11) is 1.34. The van der Waals surface area contributed by atoms with Crippen molar-refractivity contribution in [2.75, 3.05) is 13.7 Å². The number of ether oxygens (including phenoxy) is 1. The summed E-state index contributed by atoms with van der Waals surface area (Å²) in [6.07, 6.45) is 5.18. The van der Waals surface area contributed by atoms with E-state index in [1.54, 1.807) is 0 Å². The van der Waals surface area contributed by atoms with Crippen LogP contribution in [0.15, 0.2) is 12.4 Å². The molecule has 0 N–H and O–H groups in total. The summed E-state index contributed by atoms with van der Waals surface area (Å²) in [6.45, 7) is -1.69. The number of methoxy groups -OCH3 is 1. The zero-order valence-electron chi connectivity index (χ0n) is 10.8. The van der Waals surface area contributed by atoms with E-state index in [0.717, 1.165) is 17.4 Å². The van der Waals surface area contributed by atoms with Gasteiger partial charge in [-0.3, -0.25) is 14.3 Å². The molecule has 0 aliphatic carbocycles. The number of hydrogen-bond donors (Lipinski definition) is 0. The Bertz CT molecular complexity index is 436. The zero-order valence-corrected chi connectivity index (χ0v) is 10.8. The van der Waals surface area contributed by atoms with Crippen LogP contribution in [-0.4, -0.2) is 40.1 Å². The van der Waals surface area contributed by atoms with Crippen molar-refractivity contribution in [1.29, 1.82) is 0 Å². The first-order chi connectivity index (χ1) is 9.13. The van der Waals surface area contributed by atoms with Gasteiger partial charge in [-0.1, -0.05) is 6.42 Å². The number of halogens is 2. The lowest BCUT2D eigenvalue weighted by Gasteiger charge is -2.33. The number of esters is 1. The maximum Gasteiger partial charge on any atom is 0.323 e. The minimum absolute atomic E-state index is 0.233. The highest BCUT2D eigenvalue weighted by molar-refractivity contribution is 5.75. The summed E-state index contributed by atoms with van der Waals surface area (Å²) in [5, 5.41) is 0. The van der Waals surface area contributed by atoms with Crippen molar-refractivity contribution in [1.82, 2.24) is 14.5 Å². The number of carbonyl (C=O) groups is 1. The highest BCUT2D eigenvalue weighted by Crippen LogP contribution is 2.21. The van der Waals surface area contributed by atoms with Crippen molar-refractivity contribution in [3.05, 3.63) is 18.2 Å². The number of rotatable bonds is 4. The van der Waals surface area contributed by atoms with Gasteiger partial charge < -0.3 is 4.74 Å². The van der Waals surface area contributed by atoms with Gasteiger partial charge in [0.1, 0.15) is 11.9 Å². The molecular formula is C12H17F2N3O2. The lowest BCUT2D eigenvalue weighted by atomic mass is 10.0. The normalized spacial score (nSPS) is 20.7. The Hall–Kier alpha value is -1.50. The molecule has 5 nitrogen and oxygen atoms in total. The number of nitrogens with zero attached hydrogens (tertiary/aromatic N) is 3. The van der Waals surface area contributed by atoms with Crippen LogP contribution < -0.4 is 0 Å². The molecule has 106 valence electrons. The Kier molecular flexibility index (Phi) is 4.47. The van der Waals surface area contributed by atoms with E-state index in [2.05, 4.69) is 4.98 Å². The molecule has 0 radical (unpaired) electrons. The van der Waals surface area contributed by atoms with Crippen LogP contribution >= 0.6 is 0 Å². The van der Waals surface area contributed by atoms with Gasteiger partial charge in [-0.15, -0.1) is 0 Å². The number of alkyl halides is 2. The third-order valence-corrected chi connectivity index (χ3v) is 3.39. The molecule has 7 heteroatoms. The number of likely N-dealkylation sites (tertiary alicyclic amines) is 1. The predicted octanol–water partition coefficient (Wildman–Crippen LogP) is 1.81. The fourth-order valence-corrected chi connectivity index (χ4v) is 2.41. The lowest BCUT2D eigenvalue weighted by Crippen LogP contribution is -2.45. The van der Waals surface area contributed by atoms with E-state index >= 15 is 0 Å². The second-order valence-electron chi connectivity index (χ2n) is 4.53. The third kappa shape index (κ3) is 3.09. The molecule has 0 unspecified atom stereocenters. The van der Waals surface area contributed by atoms with E-state index in [0.29, 0.717) is 13.0 Å². The summed E-state index contributed by atoms with van der Waals surface area (Å²) >= 11 is 0. The molecule has 1 fully saturated rings. The standard InChI is InChI=1S/C12H17F2N3O2/c1-19-11(18)9-4-2-3-6-16(9)8-10-15-5-7-17(10)12(13)14/h5,7,9,12H,2-4,6,8H2,1H3/t9-/m1/s1. The van der Waals surface area contributed by atoms with Crippen molar-refractivity contribution in [3.63, 3.8) is 0 Å². The fraction of sp³-hybridized carbons (Fsp3) is 0.667. The van der Waals surface area contributed by atoms with Crippen molar-refractivity contribution >= 4 is 5.97 Å². The van der Waals surface area contributed by atoms with Gasteiger partial charge >= 0.3 is 12.5 Å². The quantitative estimate of drug-likeness (QED) is 0.785. The van der Waals surface area contributed by atoms with Gasteiger partial charge in [-0.2, -0.15) is 8.78 Å². The second kappa shape index (κ2) is 6.10. The first kappa shape index (κ1) is 13.9. The summed E-state index contributed by atoms with van der Waals surface area (Å²) in [6, 6.07) is -0.360. The molecule has 1 aromatic rings. The van der Waals surface area contributed by atoms with Crippen molar-refractivity contribution in [2.45, 2.75) is 38.4 Å². The second-order valence-corrected chi connectivity index (χ2v) is 4.53. The van der Waals surface area contributed by atoms with Crippen LogP contribution in [0.3, 0.4) is 0 Å². The maximum absolute atomic E-state index is 12.7. The summed E-state index contributed by atoms with van der Waals surface area (Å²) in [5.74, 6) is -0.0411. The van der Waals surface area contributed by atoms with Crippen LogP contribution in [0.1, 0.15) is 31.6 Å². The minimum atomic E-state index is -2.61. The minimum Gasteiger partial charge on any atom is -0.468 e. The molecule has 0 spiro atoms. The van der Waals surface area contributed by atoms with Crippen molar-refractivity contribution in [3.8, 4) is 0 Å². The van der Waals surface area contributed by atoms with E-state index < -0.39 is 6.55 Å². The monoisotopic (exact) mass is 273 g/mol. The van der Waals surface area contributed by atoms with Crippen LogP contribution in [0.25, 0.3) is 0 Å². The number of aromatic nitrogens is 2. The molecular weight excluding hydrogens is 256 g/mol. The van der Waals surface area contributed by atoms with Crippen molar-refractivity contribution in [2.24, 2.45) is 0 Å². The summed E-state index contributed by atoms with van der Waals surface area (Å²) in [4.78, 5) is 17.5. The van der Waals surface area contributed by atoms with E-state index in [-0.39, 0.29) is 24.4 Å². The van der Waals surface area contributed by atoms with Crippen molar-refractivity contribution < 1.29 is 18.3 Å². The topological polar surface area (TPSA) is 47.4 Å². The van der Waals surface area contributed by atoms with E-state index in [1.165, 1.54) is 19.5 Å². The highest BCUT2D eigenvalue weighted by atomic mass is 19.3. The molecule has 0 aromatic carbocycles. The van der Waals surface area contributed by atoms with Gasteiger partial charge in [0, 0.05) is 12.4 Å². The van der Waals surface area contributed by atoms with Crippen LogP contribution in [0.4, 0.5) is 8.78 Å². The summed E-state index contributed by atoms with van der Waals surface area (Å²) < 4.78 is 31.1. The zero-order chi connectivity index (χ0) is 13.8. The molecule has 2 rings (SSSR count). The lowest BCUT2D eigenvalue weighted by molar-refractivity contribution is -0.148. The smallest absolute Gasteiger partial charge is 0.323 e. The van der Waals surface area contributed by atoms with Gasteiger partial charge in [0.05, 0.1) is 13.7 Å². The molecule has 1 aliphatic heterocycles. The first-order valence-corrected chi connectivity index (χ1v) is 6.25. The van der Waals surface area contributed by atoms with Gasteiger partial charge in [-0.25, -0.2) is 4.98 Å². The molecule has 0 saturated carbocycles. The Morgan fingerprint density at radius 1 is 1.58 bits per heavy atom. The molecule has 1 atom stereocenters. The van der Waals surface area contributed by atoms with Crippen LogP contribution in [0, 0.1) is 0 Å². The Labute approximate surface area is 110 Å². The molecule has 2 heterocycles. The van der Waals surface area contributed by atoms with E-state index in [4.69, 9.17) is 4.74 Å². The summed E-state index contributed by atoms with van der Waals surface area (Å²) in [5.41, 5.74) is 0. The van der Waals surface area contributed by atoms with Gasteiger partial charge in [-0.05, 0) is 19.4 Å². The fourth-order valence-electron chi connectivity index (χ4n) is 2.41. The van der Waals surface area contributed by atoms with E-state index in [9.17, 15) is 13.6 Å². The number of hydrogen-bond acceptors (Lipinski definition) is 4. The van der Waals surface area contributed by atoms with Crippen LogP contribution in [0.5, 0.6) is 0 Å². The average Bonchev–Trinajstić information content (AvgIpc) is 2.87. The Morgan fingerprint density at radius 3 is 3.05 bits per heavy atom. The molecule has 1 aromatic heterocycles. The number of imidazole rings is 1. The largest absolute Gasteiger partial charge is 0.468 e. The molecule has 0 amide bonds. The number of carbonyl (C=O) groups excluding carboxylic acids is 1. The van der Waals surface area contributed by atoms with Crippen LogP contribution in [0.2, 0.25) is 0 Å². The molecule has 0 bridgehead atoms. The average molecular weight is 273 g/mol. The van der Waals surface area contributed by atoms with Gasteiger partial charge in [0.15, 0.2) is 0 Å². The molecule has 19 heavy (non-hydrogen) atoms. The maximum atomic E-state index is 12.7. The SMILES string of the molecule is COC(=O)[C@H]1CCCCN1Cc1nccn1C(F)F. The van der Waals surface area contributed by atoms with Gasteiger partial charge in [0.2, 0.25) is 0 Å². The third-order valence-electron chi connectivity index (χ3n) is 3.39. The highest BCUT2D eigenvalue weighted by Gasteiger charge is 2.30. The first-order valence-electron chi connectivity index (χ1n) is 6.25. The molecule has 1 saturated heterocycles. The predicted molar refractivity (Wildman–Crippen MR) is 63.5 cm³/mol.